The van der Waals surface area contributed by atoms with E-state index in [-0.39, 0.29) is 6.04 Å². The molecule has 0 bridgehead atoms. The second-order valence-electron chi connectivity index (χ2n) is 7.26. The maximum atomic E-state index is 4.50. The lowest BCUT2D eigenvalue weighted by atomic mass is 9.97. The molecule has 0 fully saturated rings. The maximum absolute atomic E-state index is 4.50. The Morgan fingerprint density at radius 3 is 1.79 bits per heavy atom. The van der Waals surface area contributed by atoms with E-state index in [1.165, 1.54) is 22.5 Å². The Morgan fingerprint density at radius 1 is 0.750 bits per heavy atom. The minimum Gasteiger partial charge on any atom is -0.378 e. The number of rotatable bonds is 5. The molecule has 0 aliphatic carbocycles. The molecule has 2 aromatic carbocycles. The van der Waals surface area contributed by atoms with E-state index in [1.54, 1.807) is 12.5 Å². The summed E-state index contributed by atoms with van der Waals surface area (Å²) in [5.41, 5.74) is 6.32. The second kappa shape index (κ2) is 7.31. The normalized spacial score (nSPS) is 11.2. The highest BCUT2D eigenvalue weighted by molar-refractivity contribution is 5.70. The predicted octanol–water partition coefficient (Wildman–Crippen LogP) is 3.60. The van der Waals surface area contributed by atoms with Gasteiger partial charge in [0.25, 0.3) is 0 Å². The molecule has 4 rings (SSSR count). The molecular formula is C22H24N6. The van der Waals surface area contributed by atoms with Gasteiger partial charge < -0.3 is 14.4 Å². The zero-order chi connectivity index (χ0) is 19.7. The molecule has 0 saturated heterocycles. The molecule has 0 atom stereocenters. The monoisotopic (exact) mass is 372 g/mol. The molecule has 6 heteroatoms. The first-order valence-electron chi connectivity index (χ1n) is 9.21. The SMILES string of the molecule is CN(C)c1ccc(C(c2ccc(N(C)C)cc2)n2cnc3cncnc32)cc1. The van der Waals surface area contributed by atoms with Crippen molar-refractivity contribution in [3.05, 3.63) is 78.5 Å². The number of fused-ring (bicyclic) bond motifs is 1. The van der Waals surface area contributed by atoms with Crippen LogP contribution in [0.1, 0.15) is 17.2 Å². The van der Waals surface area contributed by atoms with E-state index in [1.807, 2.05) is 34.5 Å². The van der Waals surface area contributed by atoms with Crippen molar-refractivity contribution in [2.45, 2.75) is 6.04 Å². The molecule has 4 aromatic rings. The first kappa shape index (κ1) is 18.0. The van der Waals surface area contributed by atoms with Crippen LogP contribution in [-0.2, 0) is 0 Å². The molecule has 0 aliphatic heterocycles. The van der Waals surface area contributed by atoms with Crippen LogP contribution in [0.15, 0.2) is 67.4 Å². The van der Waals surface area contributed by atoms with Gasteiger partial charge in [-0.2, -0.15) is 0 Å². The molecule has 0 spiro atoms. The van der Waals surface area contributed by atoms with Crippen LogP contribution in [-0.4, -0.2) is 47.7 Å². The Labute approximate surface area is 165 Å². The van der Waals surface area contributed by atoms with E-state index in [0.717, 1.165) is 11.2 Å². The fourth-order valence-corrected chi connectivity index (χ4v) is 3.40. The summed E-state index contributed by atoms with van der Waals surface area (Å²) in [6.45, 7) is 0. The summed E-state index contributed by atoms with van der Waals surface area (Å²) in [6.07, 6.45) is 5.17. The van der Waals surface area contributed by atoms with Crippen LogP contribution in [0.3, 0.4) is 0 Å². The van der Waals surface area contributed by atoms with Crippen molar-refractivity contribution < 1.29 is 0 Å². The standard InChI is InChI=1S/C22H24N6/c1-26(2)18-9-5-16(6-10-18)21(17-7-11-19(12-8-17)27(3)4)28-15-25-20-13-23-14-24-22(20)28/h5-15,21H,1-4H3. The van der Waals surface area contributed by atoms with Gasteiger partial charge in [-0.25, -0.2) is 15.0 Å². The summed E-state index contributed by atoms with van der Waals surface area (Å²) in [5, 5.41) is 0. The van der Waals surface area contributed by atoms with Gasteiger partial charge >= 0.3 is 0 Å². The fourth-order valence-electron chi connectivity index (χ4n) is 3.40. The first-order chi connectivity index (χ1) is 13.5. The highest BCUT2D eigenvalue weighted by Crippen LogP contribution is 2.31. The number of hydrogen-bond donors (Lipinski definition) is 0. The quantitative estimate of drug-likeness (QED) is 0.536. The molecule has 0 saturated carbocycles. The van der Waals surface area contributed by atoms with Gasteiger partial charge in [0, 0.05) is 39.6 Å². The van der Waals surface area contributed by atoms with Crippen molar-refractivity contribution in [3.8, 4) is 0 Å². The average molecular weight is 372 g/mol. The van der Waals surface area contributed by atoms with E-state index >= 15 is 0 Å². The second-order valence-corrected chi connectivity index (χ2v) is 7.26. The third-order valence-corrected chi connectivity index (χ3v) is 4.97. The largest absolute Gasteiger partial charge is 0.378 e. The van der Waals surface area contributed by atoms with E-state index in [0.29, 0.717) is 0 Å². The minimum atomic E-state index is -0.0210. The molecule has 0 N–H and O–H groups in total. The van der Waals surface area contributed by atoms with Crippen LogP contribution in [0.5, 0.6) is 0 Å². The van der Waals surface area contributed by atoms with E-state index < -0.39 is 0 Å². The Balaban J connectivity index is 1.85. The average Bonchev–Trinajstić information content (AvgIpc) is 3.13. The van der Waals surface area contributed by atoms with Crippen molar-refractivity contribution in [3.63, 3.8) is 0 Å². The molecule has 28 heavy (non-hydrogen) atoms. The summed E-state index contributed by atoms with van der Waals surface area (Å²) in [7, 11) is 8.19. The Morgan fingerprint density at radius 2 is 1.29 bits per heavy atom. The summed E-state index contributed by atoms with van der Waals surface area (Å²) in [6, 6.07) is 17.2. The van der Waals surface area contributed by atoms with E-state index in [9.17, 15) is 0 Å². The molecule has 142 valence electrons. The molecule has 0 unspecified atom stereocenters. The number of benzene rings is 2. The highest BCUT2D eigenvalue weighted by Gasteiger charge is 2.20. The van der Waals surface area contributed by atoms with Crippen LogP contribution in [0.2, 0.25) is 0 Å². The topological polar surface area (TPSA) is 50.1 Å². The van der Waals surface area contributed by atoms with Crippen LogP contribution in [0.25, 0.3) is 11.2 Å². The number of hydrogen-bond acceptors (Lipinski definition) is 5. The van der Waals surface area contributed by atoms with Gasteiger partial charge in [0.15, 0.2) is 5.65 Å². The van der Waals surface area contributed by atoms with Gasteiger partial charge in [-0.05, 0) is 35.4 Å². The zero-order valence-electron chi connectivity index (χ0n) is 16.6. The number of nitrogens with zero attached hydrogens (tertiary/aromatic N) is 6. The molecule has 0 radical (unpaired) electrons. The van der Waals surface area contributed by atoms with E-state index in [4.69, 9.17) is 0 Å². The van der Waals surface area contributed by atoms with Crippen molar-refractivity contribution in [1.82, 2.24) is 19.5 Å². The Kier molecular flexibility index (Phi) is 4.69. The third-order valence-electron chi connectivity index (χ3n) is 4.97. The van der Waals surface area contributed by atoms with Gasteiger partial charge in [-0.15, -0.1) is 0 Å². The minimum absolute atomic E-state index is 0.0210. The zero-order valence-corrected chi connectivity index (χ0v) is 16.6. The van der Waals surface area contributed by atoms with Gasteiger partial charge in [0.05, 0.1) is 18.6 Å². The van der Waals surface area contributed by atoms with Crippen LogP contribution in [0, 0.1) is 0 Å². The van der Waals surface area contributed by atoms with Crippen LogP contribution >= 0.6 is 0 Å². The van der Waals surface area contributed by atoms with Crippen molar-refractivity contribution in [2.24, 2.45) is 0 Å². The summed E-state index contributed by atoms with van der Waals surface area (Å²) < 4.78 is 2.12. The van der Waals surface area contributed by atoms with Gasteiger partial charge in [-0.1, -0.05) is 24.3 Å². The summed E-state index contributed by atoms with van der Waals surface area (Å²) in [4.78, 5) is 17.3. The molecule has 2 aromatic heterocycles. The van der Waals surface area contributed by atoms with Crippen LogP contribution in [0.4, 0.5) is 11.4 Å². The smallest absolute Gasteiger partial charge is 0.164 e. The maximum Gasteiger partial charge on any atom is 0.164 e. The highest BCUT2D eigenvalue weighted by atomic mass is 15.1. The van der Waals surface area contributed by atoms with Crippen molar-refractivity contribution >= 4 is 22.5 Å². The summed E-state index contributed by atoms with van der Waals surface area (Å²) in [5.74, 6) is 0. The van der Waals surface area contributed by atoms with Crippen molar-refractivity contribution in [2.75, 3.05) is 38.0 Å². The number of anilines is 2. The third kappa shape index (κ3) is 3.29. The molecule has 0 aliphatic rings. The Hall–Kier alpha value is -3.41. The summed E-state index contributed by atoms with van der Waals surface area (Å²) >= 11 is 0. The Bertz CT molecular complexity index is 1010. The molecular weight excluding hydrogens is 348 g/mol. The lowest BCUT2D eigenvalue weighted by molar-refractivity contribution is 0.691. The lowest BCUT2D eigenvalue weighted by Gasteiger charge is -2.22. The number of imidazole rings is 1. The number of aromatic nitrogens is 4. The molecule has 2 heterocycles. The fraction of sp³-hybridized carbons (Fsp3) is 0.227. The van der Waals surface area contributed by atoms with Gasteiger partial charge in [0.1, 0.15) is 11.8 Å². The van der Waals surface area contributed by atoms with E-state index in [2.05, 4.69) is 77.8 Å². The van der Waals surface area contributed by atoms with Crippen molar-refractivity contribution in [1.29, 1.82) is 0 Å². The lowest BCUT2D eigenvalue weighted by Crippen LogP contribution is -2.14. The van der Waals surface area contributed by atoms with Crippen LogP contribution < -0.4 is 9.80 Å². The first-order valence-corrected chi connectivity index (χ1v) is 9.21. The molecule has 0 amide bonds. The predicted molar refractivity (Wildman–Crippen MR) is 114 cm³/mol. The van der Waals surface area contributed by atoms with Gasteiger partial charge in [0.2, 0.25) is 0 Å². The van der Waals surface area contributed by atoms with Gasteiger partial charge in [-0.3, -0.25) is 0 Å². The molecule has 6 nitrogen and oxygen atoms in total.